The van der Waals surface area contributed by atoms with Crippen molar-refractivity contribution in [2.24, 2.45) is 0 Å². The lowest BCUT2D eigenvalue weighted by Crippen LogP contribution is -2.57. The molecule has 1 aliphatic heterocycles. The number of hydrogen-bond acceptors (Lipinski definition) is 3. The standard InChI is InChI=1S/C16H30N2O3/c1-7-16(8-2)14(20)18(10-9-15(4,5)21-6)12(3)11-13(19)17-16/h12H,7-11H2,1-6H3,(H,17,19). The van der Waals surface area contributed by atoms with E-state index in [-0.39, 0.29) is 23.5 Å². The maximum absolute atomic E-state index is 13.0. The van der Waals surface area contributed by atoms with Crippen molar-refractivity contribution in [3.05, 3.63) is 0 Å². The van der Waals surface area contributed by atoms with Crippen molar-refractivity contribution in [1.82, 2.24) is 10.2 Å². The molecule has 1 atom stereocenters. The molecule has 21 heavy (non-hydrogen) atoms. The van der Waals surface area contributed by atoms with Crippen LogP contribution in [0.5, 0.6) is 0 Å². The summed E-state index contributed by atoms with van der Waals surface area (Å²) in [6, 6.07) is -0.0786. The number of nitrogens with one attached hydrogen (secondary N) is 1. The molecule has 0 spiro atoms. The third-order valence-corrected chi connectivity index (χ3v) is 4.78. The molecule has 5 nitrogen and oxygen atoms in total. The summed E-state index contributed by atoms with van der Waals surface area (Å²) in [6.07, 6.45) is 2.34. The van der Waals surface area contributed by atoms with Crippen molar-refractivity contribution in [1.29, 1.82) is 0 Å². The molecule has 2 amide bonds. The van der Waals surface area contributed by atoms with Crippen LogP contribution in [0.3, 0.4) is 0 Å². The fraction of sp³-hybridized carbons (Fsp3) is 0.875. The Kier molecular flexibility index (Phi) is 5.79. The van der Waals surface area contributed by atoms with E-state index in [0.717, 1.165) is 6.42 Å². The quantitative estimate of drug-likeness (QED) is 0.817. The van der Waals surface area contributed by atoms with Crippen LogP contribution in [0.2, 0.25) is 0 Å². The maximum Gasteiger partial charge on any atom is 0.248 e. The Morgan fingerprint density at radius 1 is 1.33 bits per heavy atom. The van der Waals surface area contributed by atoms with Crippen LogP contribution in [0.15, 0.2) is 0 Å². The van der Waals surface area contributed by atoms with E-state index in [0.29, 0.717) is 25.8 Å². The molecule has 1 rings (SSSR count). The van der Waals surface area contributed by atoms with Crippen LogP contribution in [-0.4, -0.2) is 47.6 Å². The van der Waals surface area contributed by atoms with Gasteiger partial charge in [0.2, 0.25) is 11.8 Å². The van der Waals surface area contributed by atoms with Crippen molar-refractivity contribution in [3.63, 3.8) is 0 Å². The van der Waals surface area contributed by atoms with Crippen LogP contribution in [-0.2, 0) is 14.3 Å². The van der Waals surface area contributed by atoms with E-state index in [1.54, 1.807) is 7.11 Å². The van der Waals surface area contributed by atoms with Crippen LogP contribution in [0, 0.1) is 0 Å². The molecular formula is C16H30N2O3. The summed E-state index contributed by atoms with van der Waals surface area (Å²) in [5.74, 6) is 0.00537. The van der Waals surface area contributed by atoms with Crippen LogP contribution < -0.4 is 5.32 Å². The third-order valence-electron chi connectivity index (χ3n) is 4.78. The molecule has 0 radical (unpaired) electrons. The van der Waals surface area contributed by atoms with Gasteiger partial charge in [0.1, 0.15) is 5.54 Å². The summed E-state index contributed by atoms with van der Waals surface area (Å²) < 4.78 is 5.44. The lowest BCUT2D eigenvalue weighted by molar-refractivity contribution is -0.141. The first-order valence-corrected chi connectivity index (χ1v) is 7.88. The normalized spacial score (nSPS) is 23.0. The number of rotatable bonds is 6. The second-order valence-electron chi connectivity index (χ2n) is 6.60. The van der Waals surface area contributed by atoms with Crippen molar-refractivity contribution in [2.75, 3.05) is 13.7 Å². The zero-order valence-corrected chi connectivity index (χ0v) is 14.3. The fourth-order valence-electron chi connectivity index (χ4n) is 2.77. The summed E-state index contributed by atoms with van der Waals surface area (Å²) in [6.45, 7) is 10.5. The van der Waals surface area contributed by atoms with Crippen LogP contribution in [0.4, 0.5) is 0 Å². The van der Waals surface area contributed by atoms with E-state index in [1.807, 2.05) is 39.5 Å². The molecule has 122 valence electrons. The lowest BCUT2D eigenvalue weighted by Gasteiger charge is -2.37. The van der Waals surface area contributed by atoms with Gasteiger partial charge in [-0.3, -0.25) is 9.59 Å². The van der Waals surface area contributed by atoms with E-state index < -0.39 is 5.54 Å². The number of nitrogens with zero attached hydrogens (tertiary/aromatic N) is 1. The zero-order valence-electron chi connectivity index (χ0n) is 14.3. The Labute approximate surface area is 128 Å². The van der Waals surface area contributed by atoms with Crippen LogP contribution in [0.25, 0.3) is 0 Å². The monoisotopic (exact) mass is 298 g/mol. The van der Waals surface area contributed by atoms with Gasteiger partial charge in [-0.15, -0.1) is 0 Å². The molecular weight excluding hydrogens is 268 g/mol. The van der Waals surface area contributed by atoms with Crippen molar-refractivity contribution in [2.45, 2.75) is 77.5 Å². The number of carbonyl (C=O) groups is 2. The molecule has 0 aromatic rings. The highest BCUT2D eigenvalue weighted by molar-refractivity contribution is 5.93. The summed E-state index contributed by atoms with van der Waals surface area (Å²) in [5, 5.41) is 2.95. The average Bonchev–Trinajstić information content (AvgIpc) is 2.52. The molecule has 1 heterocycles. The summed E-state index contributed by atoms with van der Waals surface area (Å²) in [5.41, 5.74) is -1.02. The second kappa shape index (κ2) is 6.77. The topological polar surface area (TPSA) is 58.6 Å². The highest BCUT2D eigenvalue weighted by Crippen LogP contribution is 2.26. The SMILES string of the molecule is CCC1(CC)NC(=O)CC(C)N(CCC(C)(C)OC)C1=O. The Hall–Kier alpha value is -1.10. The molecule has 0 aliphatic carbocycles. The highest BCUT2D eigenvalue weighted by Gasteiger charge is 2.44. The van der Waals surface area contributed by atoms with Gasteiger partial charge in [-0.05, 0) is 40.0 Å². The molecule has 1 N–H and O–H groups in total. The van der Waals surface area contributed by atoms with E-state index in [4.69, 9.17) is 4.74 Å². The number of hydrogen-bond donors (Lipinski definition) is 1. The lowest BCUT2D eigenvalue weighted by atomic mass is 9.90. The molecule has 1 unspecified atom stereocenters. The first-order valence-electron chi connectivity index (χ1n) is 7.88. The molecule has 0 saturated carbocycles. The number of carbonyl (C=O) groups excluding carboxylic acids is 2. The van der Waals surface area contributed by atoms with Crippen molar-refractivity contribution < 1.29 is 14.3 Å². The number of methoxy groups -OCH3 is 1. The van der Waals surface area contributed by atoms with Gasteiger partial charge in [0.25, 0.3) is 0 Å². The number of ether oxygens (including phenoxy) is 1. The Morgan fingerprint density at radius 3 is 2.38 bits per heavy atom. The molecule has 0 aromatic heterocycles. The van der Waals surface area contributed by atoms with Gasteiger partial charge in [-0.1, -0.05) is 13.8 Å². The maximum atomic E-state index is 13.0. The average molecular weight is 298 g/mol. The van der Waals surface area contributed by atoms with Gasteiger partial charge in [-0.25, -0.2) is 0 Å². The van der Waals surface area contributed by atoms with Crippen LogP contribution in [0.1, 0.15) is 60.3 Å². The predicted molar refractivity (Wildman–Crippen MR) is 83.0 cm³/mol. The predicted octanol–water partition coefficient (Wildman–Crippen LogP) is 2.10. The first kappa shape index (κ1) is 18.0. The minimum absolute atomic E-state index is 0.0342. The van der Waals surface area contributed by atoms with Gasteiger partial charge in [0.15, 0.2) is 0 Å². The second-order valence-corrected chi connectivity index (χ2v) is 6.60. The highest BCUT2D eigenvalue weighted by atomic mass is 16.5. The Bertz CT molecular complexity index is 389. The zero-order chi connectivity index (χ0) is 16.3. The molecule has 5 heteroatoms. The molecule has 1 fully saturated rings. The van der Waals surface area contributed by atoms with Crippen molar-refractivity contribution >= 4 is 11.8 Å². The molecule has 1 saturated heterocycles. The van der Waals surface area contributed by atoms with Gasteiger partial charge in [0, 0.05) is 26.1 Å². The van der Waals surface area contributed by atoms with E-state index in [2.05, 4.69) is 5.32 Å². The van der Waals surface area contributed by atoms with E-state index in [9.17, 15) is 9.59 Å². The fourth-order valence-corrected chi connectivity index (χ4v) is 2.77. The summed E-state index contributed by atoms with van der Waals surface area (Å²) in [7, 11) is 1.68. The van der Waals surface area contributed by atoms with Crippen molar-refractivity contribution in [3.8, 4) is 0 Å². The minimum atomic E-state index is -0.751. The van der Waals surface area contributed by atoms with Crippen LogP contribution >= 0.6 is 0 Å². The van der Waals surface area contributed by atoms with E-state index >= 15 is 0 Å². The van der Waals surface area contributed by atoms with E-state index in [1.165, 1.54) is 0 Å². The first-order chi connectivity index (χ1) is 9.71. The molecule has 0 bridgehead atoms. The third kappa shape index (κ3) is 3.96. The Balaban J connectivity index is 2.98. The van der Waals surface area contributed by atoms with Gasteiger partial charge in [0.05, 0.1) is 5.60 Å². The van der Waals surface area contributed by atoms with Gasteiger partial charge < -0.3 is 15.0 Å². The molecule has 1 aliphatic rings. The minimum Gasteiger partial charge on any atom is -0.379 e. The molecule has 0 aromatic carbocycles. The number of amides is 2. The largest absolute Gasteiger partial charge is 0.379 e. The summed E-state index contributed by atoms with van der Waals surface area (Å²) >= 11 is 0. The Morgan fingerprint density at radius 2 is 1.90 bits per heavy atom. The smallest absolute Gasteiger partial charge is 0.248 e. The van der Waals surface area contributed by atoms with Gasteiger partial charge in [-0.2, -0.15) is 0 Å². The summed E-state index contributed by atoms with van der Waals surface area (Å²) in [4.78, 5) is 26.9. The van der Waals surface area contributed by atoms with Gasteiger partial charge >= 0.3 is 0 Å².